The van der Waals surface area contributed by atoms with Crippen LogP contribution in [0.4, 0.5) is 5.69 Å². The molecule has 0 spiro atoms. The predicted octanol–water partition coefficient (Wildman–Crippen LogP) is 2.59. The highest BCUT2D eigenvalue weighted by atomic mass is 16.2. The summed E-state index contributed by atoms with van der Waals surface area (Å²) in [5.74, 6) is -0.0367. The number of nitrogens with one attached hydrogen (secondary N) is 2. The Hall–Kier alpha value is -2.10. The van der Waals surface area contributed by atoms with Crippen LogP contribution in [0.25, 0.3) is 0 Å². The topological polar surface area (TPSA) is 58.2 Å². The molecule has 0 bridgehead atoms. The van der Waals surface area contributed by atoms with E-state index >= 15 is 0 Å². The molecule has 0 aliphatic heterocycles. The van der Waals surface area contributed by atoms with Crippen molar-refractivity contribution in [3.05, 3.63) is 42.0 Å². The Morgan fingerprint density at radius 1 is 1.26 bits per heavy atom. The molecule has 4 nitrogen and oxygen atoms in total. The van der Waals surface area contributed by atoms with Crippen molar-refractivity contribution >= 4 is 17.5 Å². The van der Waals surface area contributed by atoms with E-state index in [0.717, 1.165) is 0 Å². The van der Waals surface area contributed by atoms with Gasteiger partial charge in [0.05, 0.1) is 11.3 Å². The molecule has 0 unspecified atom stereocenters. The van der Waals surface area contributed by atoms with Crippen LogP contribution < -0.4 is 10.6 Å². The molecule has 19 heavy (non-hydrogen) atoms. The summed E-state index contributed by atoms with van der Waals surface area (Å²) in [6, 6.07) is 6.97. The van der Waals surface area contributed by atoms with E-state index in [1.54, 1.807) is 37.3 Å². The number of hydrogen-bond acceptors (Lipinski definition) is 2. The fourth-order valence-corrected chi connectivity index (χ4v) is 1.51. The first kappa shape index (κ1) is 15.0. The van der Waals surface area contributed by atoms with Crippen molar-refractivity contribution in [2.45, 2.75) is 20.8 Å². The summed E-state index contributed by atoms with van der Waals surface area (Å²) in [5, 5.41) is 5.53. The number of benzene rings is 1. The molecule has 0 saturated heterocycles. The van der Waals surface area contributed by atoms with E-state index in [1.165, 1.54) is 6.08 Å². The molecule has 0 fully saturated rings. The van der Waals surface area contributed by atoms with Crippen LogP contribution in [-0.2, 0) is 4.79 Å². The maximum atomic E-state index is 12.0. The van der Waals surface area contributed by atoms with Crippen molar-refractivity contribution in [3.8, 4) is 0 Å². The van der Waals surface area contributed by atoms with E-state index in [2.05, 4.69) is 10.6 Å². The number of para-hydroxylation sites is 1. The zero-order valence-corrected chi connectivity index (χ0v) is 11.6. The molecule has 102 valence electrons. The number of rotatable bonds is 5. The van der Waals surface area contributed by atoms with Gasteiger partial charge in [-0.2, -0.15) is 0 Å². The van der Waals surface area contributed by atoms with Gasteiger partial charge < -0.3 is 10.6 Å². The normalized spacial score (nSPS) is 10.7. The van der Waals surface area contributed by atoms with Crippen molar-refractivity contribution in [1.82, 2.24) is 5.32 Å². The lowest BCUT2D eigenvalue weighted by Gasteiger charge is -2.11. The molecule has 2 N–H and O–H groups in total. The molecule has 0 saturated carbocycles. The fraction of sp³-hybridized carbons (Fsp3) is 0.333. The number of carbonyl (C=O) groups is 2. The summed E-state index contributed by atoms with van der Waals surface area (Å²) >= 11 is 0. The Balaban J connectivity index is 2.83. The number of anilines is 1. The van der Waals surface area contributed by atoms with Crippen molar-refractivity contribution in [1.29, 1.82) is 0 Å². The summed E-state index contributed by atoms with van der Waals surface area (Å²) in [6.45, 7) is 6.43. The second kappa shape index (κ2) is 7.36. The van der Waals surface area contributed by atoms with E-state index < -0.39 is 0 Å². The van der Waals surface area contributed by atoms with Crippen molar-refractivity contribution < 1.29 is 9.59 Å². The molecule has 1 aromatic carbocycles. The average Bonchev–Trinajstić information content (AvgIpc) is 2.36. The molecule has 2 amide bonds. The quantitative estimate of drug-likeness (QED) is 0.799. The van der Waals surface area contributed by atoms with Crippen molar-refractivity contribution in [2.24, 2.45) is 5.92 Å². The Kier molecular flexibility index (Phi) is 5.79. The number of hydrogen-bond donors (Lipinski definition) is 2. The SMILES string of the molecule is CC=CC(=O)Nc1ccccc1C(=O)NCC(C)C. The van der Waals surface area contributed by atoms with Gasteiger partial charge in [0.25, 0.3) is 5.91 Å². The minimum Gasteiger partial charge on any atom is -0.352 e. The Bertz CT molecular complexity index is 479. The smallest absolute Gasteiger partial charge is 0.253 e. The number of carbonyl (C=O) groups excluding carboxylic acids is 2. The van der Waals surface area contributed by atoms with Gasteiger partial charge in [0.15, 0.2) is 0 Å². The maximum absolute atomic E-state index is 12.0. The first-order chi connectivity index (χ1) is 9.04. The first-order valence-electron chi connectivity index (χ1n) is 6.35. The standard InChI is InChI=1S/C15H20N2O2/c1-4-7-14(18)17-13-9-6-5-8-12(13)15(19)16-10-11(2)3/h4-9,11H,10H2,1-3H3,(H,16,19)(H,17,18). The molecule has 1 rings (SSSR count). The van der Waals surface area contributed by atoms with Gasteiger partial charge in [0, 0.05) is 6.54 Å². The summed E-state index contributed by atoms with van der Waals surface area (Å²) in [4.78, 5) is 23.6. The van der Waals surface area contributed by atoms with Crippen LogP contribution >= 0.6 is 0 Å². The third-order valence-electron chi connectivity index (χ3n) is 2.42. The van der Waals surface area contributed by atoms with Crippen LogP contribution in [-0.4, -0.2) is 18.4 Å². The van der Waals surface area contributed by atoms with E-state index in [4.69, 9.17) is 0 Å². The molecular weight excluding hydrogens is 240 g/mol. The molecule has 0 aromatic heterocycles. The monoisotopic (exact) mass is 260 g/mol. The first-order valence-corrected chi connectivity index (χ1v) is 6.35. The highest BCUT2D eigenvalue weighted by molar-refractivity contribution is 6.06. The maximum Gasteiger partial charge on any atom is 0.253 e. The molecule has 1 aromatic rings. The van der Waals surface area contributed by atoms with Crippen LogP contribution in [0.1, 0.15) is 31.1 Å². The van der Waals surface area contributed by atoms with Crippen LogP contribution in [0.3, 0.4) is 0 Å². The lowest BCUT2D eigenvalue weighted by atomic mass is 10.1. The second-order valence-electron chi connectivity index (χ2n) is 4.64. The minimum atomic E-state index is -0.244. The molecule has 0 aliphatic rings. The summed E-state index contributed by atoms with van der Waals surface area (Å²) < 4.78 is 0. The molecule has 0 aliphatic carbocycles. The zero-order valence-electron chi connectivity index (χ0n) is 11.6. The van der Waals surface area contributed by atoms with Crippen LogP contribution in [0, 0.1) is 5.92 Å². The molecule has 0 atom stereocenters. The summed E-state index contributed by atoms with van der Waals surface area (Å²) in [6.07, 6.45) is 3.07. The Morgan fingerprint density at radius 2 is 1.95 bits per heavy atom. The van der Waals surface area contributed by atoms with E-state index in [1.807, 2.05) is 13.8 Å². The van der Waals surface area contributed by atoms with Gasteiger partial charge in [-0.1, -0.05) is 32.1 Å². The van der Waals surface area contributed by atoms with Crippen LogP contribution in [0.5, 0.6) is 0 Å². The van der Waals surface area contributed by atoms with E-state index in [0.29, 0.717) is 23.7 Å². The largest absolute Gasteiger partial charge is 0.352 e. The third-order valence-corrected chi connectivity index (χ3v) is 2.42. The van der Waals surface area contributed by atoms with Gasteiger partial charge in [0.1, 0.15) is 0 Å². The van der Waals surface area contributed by atoms with Gasteiger partial charge >= 0.3 is 0 Å². The minimum absolute atomic E-state index is 0.176. The van der Waals surface area contributed by atoms with Crippen LogP contribution in [0.2, 0.25) is 0 Å². The van der Waals surface area contributed by atoms with Gasteiger partial charge in [-0.05, 0) is 31.1 Å². The van der Waals surface area contributed by atoms with Gasteiger partial charge in [-0.15, -0.1) is 0 Å². The predicted molar refractivity (Wildman–Crippen MR) is 77.1 cm³/mol. The van der Waals surface area contributed by atoms with Gasteiger partial charge in [-0.3, -0.25) is 9.59 Å². The zero-order chi connectivity index (χ0) is 14.3. The fourth-order valence-electron chi connectivity index (χ4n) is 1.51. The van der Waals surface area contributed by atoms with Gasteiger partial charge in [-0.25, -0.2) is 0 Å². The highest BCUT2D eigenvalue weighted by Gasteiger charge is 2.11. The Morgan fingerprint density at radius 3 is 2.58 bits per heavy atom. The average molecular weight is 260 g/mol. The van der Waals surface area contributed by atoms with Crippen LogP contribution in [0.15, 0.2) is 36.4 Å². The van der Waals surface area contributed by atoms with Crippen molar-refractivity contribution in [2.75, 3.05) is 11.9 Å². The second-order valence-corrected chi connectivity index (χ2v) is 4.64. The summed E-state index contributed by atoms with van der Waals surface area (Å²) in [7, 11) is 0. The van der Waals surface area contributed by atoms with Crippen molar-refractivity contribution in [3.63, 3.8) is 0 Å². The lowest BCUT2D eigenvalue weighted by Crippen LogP contribution is -2.28. The number of amides is 2. The van der Waals surface area contributed by atoms with E-state index in [9.17, 15) is 9.59 Å². The highest BCUT2D eigenvalue weighted by Crippen LogP contribution is 2.15. The van der Waals surface area contributed by atoms with Gasteiger partial charge in [0.2, 0.25) is 5.91 Å². The molecule has 4 heteroatoms. The summed E-state index contributed by atoms with van der Waals surface area (Å²) in [5.41, 5.74) is 0.993. The molecule has 0 radical (unpaired) electrons. The van der Waals surface area contributed by atoms with E-state index in [-0.39, 0.29) is 11.8 Å². The molecular formula is C15H20N2O2. The Labute approximate surface area is 113 Å². The lowest BCUT2D eigenvalue weighted by molar-refractivity contribution is -0.111. The molecule has 0 heterocycles. The third kappa shape index (κ3) is 4.95. The number of allylic oxidation sites excluding steroid dienone is 1.